The second kappa shape index (κ2) is 20.3. The average Bonchev–Trinajstić information content (AvgIpc) is 3.18. The van der Waals surface area contributed by atoms with Crippen molar-refractivity contribution in [1.29, 1.82) is 0 Å². The highest BCUT2D eigenvalue weighted by molar-refractivity contribution is 5.81. The van der Waals surface area contributed by atoms with E-state index in [0.717, 1.165) is 4.74 Å². The van der Waals surface area contributed by atoms with Gasteiger partial charge in [0.05, 0.1) is 19.6 Å². The Balaban J connectivity index is 4.22. The number of hydrogen-bond acceptors (Lipinski definition) is 11. The lowest BCUT2D eigenvalue weighted by molar-refractivity contribution is -0.590. The number of nitrogens with zero attached hydrogens (tertiary/aromatic N) is 3. The van der Waals surface area contributed by atoms with Crippen molar-refractivity contribution in [2.75, 3.05) is 13.2 Å². The van der Waals surface area contributed by atoms with Crippen LogP contribution in [0.2, 0.25) is 0 Å². The minimum atomic E-state index is -9.29. The van der Waals surface area contributed by atoms with E-state index < -0.39 is 172 Å². The molecule has 5 unspecified atom stereocenters. The molecule has 0 aromatic carbocycles. The van der Waals surface area contributed by atoms with Crippen molar-refractivity contribution >= 4 is 11.9 Å². The van der Waals surface area contributed by atoms with E-state index in [1.807, 2.05) is 11.3 Å². The molecule has 1 heterocycles. The summed E-state index contributed by atoms with van der Waals surface area (Å²) in [5.74, 6) is -37.3. The topological polar surface area (TPSA) is 156 Å². The minimum absolute atomic E-state index is 0.398. The van der Waals surface area contributed by atoms with E-state index >= 15 is 22.0 Å². The third-order valence-electron chi connectivity index (χ3n) is 8.38. The van der Waals surface area contributed by atoms with Crippen LogP contribution in [0.4, 0.5) is 123 Å². The van der Waals surface area contributed by atoms with Gasteiger partial charge in [0.25, 0.3) is 5.67 Å². The lowest BCUT2D eigenvalue weighted by Gasteiger charge is -2.44. The van der Waals surface area contributed by atoms with E-state index in [1.165, 1.54) is 9.47 Å². The number of carbonyl (C=O) groups is 2. The van der Waals surface area contributed by atoms with Gasteiger partial charge in [-0.1, -0.05) is 19.7 Å². The molecule has 0 aliphatic carbocycles. The summed E-state index contributed by atoms with van der Waals surface area (Å²) in [5, 5.41) is 0. The summed E-state index contributed by atoms with van der Waals surface area (Å²) in [6.45, 7) is -2.09. The van der Waals surface area contributed by atoms with Crippen LogP contribution in [0.25, 0.3) is 0 Å². The molecule has 0 fully saturated rings. The Morgan fingerprint density at radius 2 is 0.712 bits per heavy atom. The molecule has 0 aliphatic heterocycles. The predicted molar refractivity (Wildman–Crippen MR) is 170 cm³/mol. The Hall–Kier alpha value is -5.55. The second-order valence-corrected chi connectivity index (χ2v) is 13.4. The second-order valence-electron chi connectivity index (χ2n) is 13.4. The van der Waals surface area contributed by atoms with Crippen molar-refractivity contribution in [2.24, 2.45) is 0 Å². The number of esters is 2. The minimum Gasteiger partial charge on any atom is -0.461 e. The summed E-state index contributed by atoms with van der Waals surface area (Å²) in [5.41, 5.74) is -17.2. The fraction of sp³-hybridized carbons (Fsp3) is 0.645. The number of rotatable bonds is 23. The molecule has 73 heavy (non-hydrogen) atoms. The third kappa shape index (κ3) is 12.4. The van der Waals surface area contributed by atoms with E-state index in [1.54, 1.807) is 0 Å². The van der Waals surface area contributed by atoms with Gasteiger partial charge in [0.2, 0.25) is 0 Å². The maximum Gasteiger partial charge on any atom is 0.458 e. The number of halogens is 28. The number of carbonyl (C=O) groups excluding carboxylic acids is 2. The first kappa shape index (κ1) is 65.5. The van der Waals surface area contributed by atoms with Crippen LogP contribution < -0.4 is 17.1 Å². The molecule has 1 aromatic rings. The molecular formula is C31H21F28N3O11. The maximum absolute atomic E-state index is 15.8. The molecule has 0 amide bonds. The molecule has 422 valence electrons. The molecule has 0 saturated heterocycles. The fourth-order valence-electron chi connectivity index (χ4n) is 4.43. The van der Waals surface area contributed by atoms with Crippen LogP contribution in [-0.4, -0.2) is 123 Å². The zero-order valence-corrected chi connectivity index (χ0v) is 34.2. The van der Waals surface area contributed by atoms with Crippen LogP contribution in [0.15, 0.2) is 51.8 Å². The summed E-state index contributed by atoms with van der Waals surface area (Å²) in [4.78, 5) is 61.7. The predicted octanol–water partition coefficient (Wildman–Crippen LogP) is 7.83. The molecule has 0 spiro atoms. The highest BCUT2D eigenvalue weighted by atomic mass is 19.4. The first-order valence-corrected chi connectivity index (χ1v) is 17.3. The normalized spacial score (nSPS) is 18.0. The molecular weight excluding hydrogens is 1120 g/mol. The Morgan fingerprint density at radius 1 is 0.438 bits per heavy atom. The van der Waals surface area contributed by atoms with Crippen LogP contribution in [-0.2, 0) is 57.6 Å². The smallest absolute Gasteiger partial charge is 0.458 e. The number of hydrogen-bond donors (Lipinski definition) is 0. The standard InChI is InChI=1S/C31H21F28N3O11/c1-5-13(63)68-9-7-60-15(65)61(8-10-69-14(64)6-2)17(67)62(16(60)66)11-12(3)19(33,24(40,41)42)70-29(54,55)20(34,25(43,44)45)72-31(58,59)22(36,27(49,50)51)73-30(56,57)21(35,26(46,47)48)71-28(52,53)18(4,32)23(37,38)39/h5-6H,1-3,7-11H2,4H3. The Bertz CT molecular complexity index is 2350. The first-order chi connectivity index (χ1) is 32.0. The summed E-state index contributed by atoms with van der Waals surface area (Å²) in [6, 6.07) is 0. The number of alkyl halides is 28. The van der Waals surface area contributed by atoms with Crippen molar-refractivity contribution in [3.8, 4) is 0 Å². The van der Waals surface area contributed by atoms with E-state index in [9.17, 15) is 125 Å². The van der Waals surface area contributed by atoms with Gasteiger partial charge in [0.15, 0.2) is 0 Å². The number of aromatic nitrogens is 3. The molecule has 0 radical (unpaired) electrons. The lowest BCUT2D eigenvalue weighted by atomic mass is 10.1. The van der Waals surface area contributed by atoms with Gasteiger partial charge in [0.1, 0.15) is 13.2 Å². The highest BCUT2D eigenvalue weighted by Crippen LogP contribution is 2.61. The molecule has 0 bridgehead atoms. The van der Waals surface area contributed by atoms with Crippen LogP contribution >= 0.6 is 0 Å². The van der Waals surface area contributed by atoms with Gasteiger partial charge in [-0.15, -0.1) is 0 Å². The van der Waals surface area contributed by atoms with Gasteiger partial charge in [-0.25, -0.2) is 42.1 Å². The van der Waals surface area contributed by atoms with E-state index in [4.69, 9.17) is 0 Å². The zero-order chi connectivity index (χ0) is 58.4. The largest absolute Gasteiger partial charge is 0.461 e. The van der Waals surface area contributed by atoms with Gasteiger partial charge in [-0.3, -0.25) is 18.9 Å². The molecule has 5 atom stereocenters. The van der Waals surface area contributed by atoms with E-state index in [2.05, 4.69) is 22.6 Å². The van der Waals surface area contributed by atoms with Gasteiger partial charge in [0, 0.05) is 17.7 Å². The molecule has 0 saturated carbocycles. The summed E-state index contributed by atoms with van der Waals surface area (Å²) >= 11 is 0. The molecule has 0 N–H and O–H groups in total. The molecule has 1 aromatic heterocycles. The maximum atomic E-state index is 15.8. The molecule has 1 rings (SSSR count). The number of ether oxygens (including phenoxy) is 6. The van der Waals surface area contributed by atoms with Crippen molar-refractivity contribution in [3.05, 3.63) is 68.9 Å². The SMILES string of the molecule is C=CC(=O)OCCn1c(=O)n(CCOC(=O)C=C)c(=O)n(CC(=C)C(F)(OC(F)(F)C(F)(OC(F)(F)C(F)(OC(F)(F)C(F)(OC(F)(F)C(C)(F)C(F)(F)F)C(F)(F)F)C(F)(F)F)C(F)(F)F)C(F)(F)F)c1=O. The van der Waals surface area contributed by atoms with E-state index in [0.29, 0.717) is 12.2 Å². The van der Waals surface area contributed by atoms with Crippen molar-refractivity contribution < 1.29 is 161 Å². The average molecular weight is 1140 g/mol. The van der Waals surface area contributed by atoms with Crippen LogP contribution in [0, 0.1) is 0 Å². The van der Waals surface area contributed by atoms with Crippen molar-refractivity contribution in [2.45, 2.75) is 111 Å². The molecule has 14 nitrogen and oxygen atoms in total. The Kier molecular flexibility index (Phi) is 18.2. The quantitative estimate of drug-likeness (QED) is 0.0456. The molecule has 42 heteroatoms. The monoisotopic (exact) mass is 1140 g/mol. The van der Waals surface area contributed by atoms with Gasteiger partial charge in [-0.2, -0.15) is 119 Å². The van der Waals surface area contributed by atoms with E-state index in [-0.39, 0.29) is 0 Å². The van der Waals surface area contributed by atoms with Crippen molar-refractivity contribution in [3.63, 3.8) is 0 Å². The van der Waals surface area contributed by atoms with Gasteiger partial charge >= 0.3 is 108 Å². The van der Waals surface area contributed by atoms with Crippen LogP contribution in [0.1, 0.15) is 6.92 Å². The lowest BCUT2D eigenvalue weighted by Crippen LogP contribution is -2.72. The van der Waals surface area contributed by atoms with Gasteiger partial charge in [-0.05, 0) is 6.92 Å². The zero-order valence-electron chi connectivity index (χ0n) is 34.2. The fourth-order valence-corrected chi connectivity index (χ4v) is 4.43. The Labute approximate surface area is 380 Å². The summed E-state index contributed by atoms with van der Waals surface area (Å²) in [7, 11) is 0. The summed E-state index contributed by atoms with van der Waals surface area (Å²) in [6.07, 6.45) is -75.9. The molecule has 0 aliphatic rings. The summed E-state index contributed by atoms with van der Waals surface area (Å²) < 4.78 is 407. The van der Waals surface area contributed by atoms with Crippen molar-refractivity contribution in [1.82, 2.24) is 13.7 Å². The van der Waals surface area contributed by atoms with Crippen LogP contribution in [0.3, 0.4) is 0 Å². The third-order valence-corrected chi connectivity index (χ3v) is 8.38. The first-order valence-electron chi connectivity index (χ1n) is 17.3. The van der Waals surface area contributed by atoms with Gasteiger partial charge < -0.3 is 9.47 Å². The Morgan fingerprint density at radius 3 is 0.973 bits per heavy atom. The highest BCUT2D eigenvalue weighted by Gasteiger charge is 2.89. The van der Waals surface area contributed by atoms with Crippen LogP contribution in [0.5, 0.6) is 0 Å².